The van der Waals surface area contributed by atoms with Crippen molar-refractivity contribution in [2.24, 2.45) is 5.73 Å². The van der Waals surface area contributed by atoms with Crippen molar-refractivity contribution in [2.45, 2.75) is 26.3 Å². The molecule has 0 amide bonds. The van der Waals surface area contributed by atoms with E-state index < -0.39 is 0 Å². The molecular formula is C14H19N3. The lowest BCUT2D eigenvalue weighted by Gasteiger charge is -2.04. The Labute approximate surface area is 102 Å². The molecule has 90 valence electrons. The van der Waals surface area contributed by atoms with Crippen LogP contribution in [-0.4, -0.2) is 16.1 Å². The fraction of sp³-hybridized carbons (Fsp3) is 0.357. The number of aryl methyl sites for hydroxylation is 2. The highest BCUT2D eigenvalue weighted by Gasteiger charge is 2.04. The van der Waals surface area contributed by atoms with E-state index in [2.05, 4.69) is 46.9 Å². The first-order chi connectivity index (χ1) is 8.29. The summed E-state index contributed by atoms with van der Waals surface area (Å²) in [7, 11) is 0. The quantitative estimate of drug-likeness (QED) is 0.853. The minimum absolute atomic E-state index is 0.727. The summed E-state index contributed by atoms with van der Waals surface area (Å²) in [5.74, 6) is 1.07. The first kappa shape index (κ1) is 11.9. The lowest BCUT2D eigenvalue weighted by molar-refractivity contribution is 0.761. The van der Waals surface area contributed by atoms with Gasteiger partial charge in [-0.05, 0) is 31.9 Å². The van der Waals surface area contributed by atoms with Crippen molar-refractivity contribution in [1.29, 1.82) is 0 Å². The van der Waals surface area contributed by atoms with Gasteiger partial charge in [-0.3, -0.25) is 0 Å². The van der Waals surface area contributed by atoms with Gasteiger partial charge in [0.1, 0.15) is 5.82 Å². The van der Waals surface area contributed by atoms with Gasteiger partial charge in [0.05, 0.1) is 5.69 Å². The van der Waals surface area contributed by atoms with Crippen LogP contribution in [0.5, 0.6) is 0 Å². The minimum Gasteiger partial charge on any atom is -0.330 e. The molecule has 0 radical (unpaired) electrons. The standard InChI is InChI=1S/C14H19N3/c1-12-16-14(8-5-9-15)11-17(12)10-13-6-3-2-4-7-13/h2-4,6-7,11H,5,8-10,15H2,1H3. The summed E-state index contributed by atoms with van der Waals surface area (Å²) in [5.41, 5.74) is 7.96. The van der Waals surface area contributed by atoms with Gasteiger partial charge in [0.25, 0.3) is 0 Å². The largest absolute Gasteiger partial charge is 0.330 e. The van der Waals surface area contributed by atoms with E-state index in [-0.39, 0.29) is 0 Å². The van der Waals surface area contributed by atoms with E-state index in [1.807, 2.05) is 6.07 Å². The van der Waals surface area contributed by atoms with Gasteiger partial charge in [-0.25, -0.2) is 4.98 Å². The van der Waals surface area contributed by atoms with Crippen molar-refractivity contribution in [2.75, 3.05) is 6.54 Å². The Bertz CT molecular complexity index is 460. The lowest BCUT2D eigenvalue weighted by atomic mass is 10.2. The number of hydrogen-bond donors (Lipinski definition) is 1. The van der Waals surface area contributed by atoms with Crippen molar-refractivity contribution in [1.82, 2.24) is 9.55 Å². The fourth-order valence-corrected chi connectivity index (χ4v) is 1.92. The Hall–Kier alpha value is -1.61. The van der Waals surface area contributed by atoms with Crippen LogP contribution in [0.4, 0.5) is 0 Å². The van der Waals surface area contributed by atoms with Crippen molar-refractivity contribution < 1.29 is 0 Å². The molecule has 1 aromatic carbocycles. The predicted molar refractivity (Wildman–Crippen MR) is 69.9 cm³/mol. The zero-order chi connectivity index (χ0) is 12.1. The van der Waals surface area contributed by atoms with Crippen LogP contribution in [0.15, 0.2) is 36.5 Å². The minimum atomic E-state index is 0.727. The summed E-state index contributed by atoms with van der Waals surface area (Å²) in [6, 6.07) is 10.4. The third-order valence-corrected chi connectivity index (χ3v) is 2.86. The molecule has 0 aliphatic rings. The average molecular weight is 229 g/mol. The summed E-state index contributed by atoms with van der Waals surface area (Å²) in [5, 5.41) is 0. The van der Waals surface area contributed by atoms with Crippen LogP contribution in [0.2, 0.25) is 0 Å². The van der Waals surface area contributed by atoms with Crippen LogP contribution in [0.25, 0.3) is 0 Å². The van der Waals surface area contributed by atoms with Gasteiger partial charge in [0.15, 0.2) is 0 Å². The summed E-state index contributed by atoms with van der Waals surface area (Å²) >= 11 is 0. The highest BCUT2D eigenvalue weighted by Crippen LogP contribution is 2.08. The van der Waals surface area contributed by atoms with E-state index >= 15 is 0 Å². The topological polar surface area (TPSA) is 43.8 Å². The first-order valence-electron chi connectivity index (χ1n) is 6.06. The second-order valence-corrected chi connectivity index (χ2v) is 4.29. The number of aromatic nitrogens is 2. The van der Waals surface area contributed by atoms with Crippen LogP contribution in [0.3, 0.4) is 0 Å². The number of nitrogens with zero attached hydrogens (tertiary/aromatic N) is 2. The van der Waals surface area contributed by atoms with Crippen LogP contribution in [-0.2, 0) is 13.0 Å². The lowest BCUT2D eigenvalue weighted by Crippen LogP contribution is -2.00. The molecule has 0 saturated carbocycles. The highest BCUT2D eigenvalue weighted by molar-refractivity contribution is 5.16. The SMILES string of the molecule is Cc1nc(CCCN)cn1Cc1ccccc1. The van der Waals surface area contributed by atoms with Gasteiger partial charge < -0.3 is 10.3 Å². The van der Waals surface area contributed by atoms with Crippen molar-refractivity contribution in [3.05, 3.63) is 53.6 Å². The molecule has 0 saturated heterocycles. The Morgan fingerprint density at radius 3 is 2.71 bits per heavy atom. The Morgan fingerprint density at radius 1 is 1.24 bits per heavy atom. The van der Waals surface area contributed by atoms with Gasteiger partial charge in [-0.15, -0.1) is 0 Å². The van der Waals surface area contributed by atoms with E-state index in [1.54, 1.807) is 0 Å². The average Bonchev–Trinajstić information content (AvgIpc) is 2.69. The van der Waals surface area contributed by atoms with Gasteiger partial charge in [-0.1, -0.05) is 30.3 Å². The zero-order valence-electron chi connectivity index (χ0n) is 10.3. The maximum absolute atomic E-state index is 5.51. The van der Waals surface area contributed by atoms with Crippen LogP contribution < -0.4 is 5.73 Å². The molecule has 0 unspecified atom stereocenters. The van der Waals surface area contributed by atoms with E-state index in [1.165, 1.54) is 5.56 Å². The molecule has 2 aromatic rings. The van der Waals surface area contributed by atoms with E-state index in [0.717, 1.165) is 37.4 Å². The maximum atomic E-state index is 5.51. The van der Waals surface area contributed by atoms with E-state index in [4.69, 9.17) is 5.73 Å². The molecule has 0 bridgehead atoms. The molecule has 1 aromatic heterocycles. The van der Waals surface area contributed by atoms with Crippen molar-refractivity contribution in [3.8, 4) is 0 Å². The molecular weight excluding hydrogens is 210 g/mol. The molecule has 3 nitrogen and oxygen atoms in total. The highest BCUT2D eigenvalue weighted by atomic mass is 15.1. The Morgan fingerprint density at radius 2 is 2.00 bits per heavy atom. The first-order valence-corrected chi connectivity index (χ1v) is 6.06. The predicted octanol–water partition coefficient (Wildman–Crippen LogP) is 2.13. The number of nitrogens with two attached hydrogens (primary N) is 1. The summed E-state index contributed by atoms with van der Waals surface area (Å²) in [6.45, 7) is 3.67. The molecule has 2 N–H and O–H groups in total. The molecule has 0 aliphatic carbocycles. The molecule has 0 aliphatic heterocycles. The molecule has 0 atom stereocenters. The summed E-state index contributed by atoms with van der Waals surface area (Å²) < 4.78 is 2.20. The monoisotopic (exact) mass is 229 g/mol. The number of rotatable bonds is 5. The normalized spacial score (nSPS) is 10.7. The van der Waals surface area contributed by atoms with Gasteiger partial charge >= 0.3 is 0 Å². The second kappa shape index (κ2) is 5.64. The Kier molecular flexibility index (Phi) is 3.94. The van der Waals surface area contributed by atoms with E-state index in [9.17, 15) is 0 Å². The maximum Gasteiger partial charge on any atom is 0.106 e. The van der Waals surface area contributed by atoms with Crippen LogP contribution in [0.1, 0.15) is 23.5 Å². The molecule has 3 heteroatoms. The molecule has 1 heterocycles. The van der Waals surface area contributed by atoms with Gasteiger partial charge in [0.2, 0.25) is 0 Å². The fourth-order valence-electron chi connectivity index (χ4n) is 1.92. The third-order valence-electron chi connectivity index (χ3n) is 2.86. The smallest absolute Gasteiger partial charge is 0.106 e. The number of imidazole rings is 1. The van der Waals surface area contributed by atoms with Crippen LogP contribution in [0, 0.1) is 6.92 Å². The van der Waals surface area contributed by atoms with Crippen molar-refractivity contribution in [3.63, 3.8) is 0 Å². The summed E-state index contributed by atoms with van der Waals surface area (Å²) in [4.78, 5) is 4.55. The zero-order valence-corrected chi connectivity index (χ0v) is 10.3. The summed E-state index contributed by atoms with van der Waals surface area (Å²) in [6.07, 6.45) is 4.11. The van der Waals surface area contributed by atoms with Gasteiger partial charge in [-0.2, -0.15) is 0 Å². The molecule has 0 fully saturated rings. The van der Waals surface area contributed by atoms with Gasteiger partial charge in [0, 0.05) is 12.7 Å². The molecule has 17 heavy (non-hydrogen) atoms. The number of benzene rings is 1. The van der Waals surface area contributed by atoms with Crippen LogP contribution >= 0.6 is 0 Å². The second-order valence-electron chi connectivity index (χ2n) is 4.29. The molecule has 2 rings (SSSR count). The van der Waals surface area contributed by atoms with Crippen molar-refractivity contribution >= 4 is 0 Å². The Balaban J connectivity index is 2.08. The third kappa shape index (κ3) is 3.17. The molecule has 0 spiro atoms. The van der Waals surface area contributed by atoms with E-state index in [0.29, 0.717) is 0 Å². The number of hydrogen-bond acceptors (Lipinski definition) is 2.